The van der Waals surface area contributed by atoms with E-state index in [1.807, 2.05) is 37.3 Å². The maximum absolute atomic E-state index is 12.9. The van der Waals surface area contributed by atoms with Gasteiger partial charge in [-0.05, 0) is 42.7 Å². The summed E-state index contributed by atoms with van der Waals surface area (Å²) >= 11 is 6.13. The number of nitrogens with zero attached hydrogens (tertiary/aromatic N) is 3. The highest BCUT2D eigenvalue weighted by Gasteiger charge is 2.28. The van der Waals surface area contributed by atoms with Crippen LogP contribution in [0.3, 0.4) is 0 Å². The van der Waals surface area contributed by atoms with E-state index in [-0.39, 0.29) is 29.1 Å². The molecule has 0 spiro atoms. The molecule has 2 atom stereocenters. The third kappa shape index (κ3) is 4.97. The van der Waals surface area contributed by atoms with Crippen LogP contribution >= 0.6 is 11.6 Å². The minimum atomic E-state index is -3.00. The molecule has 2 aromatic heterocycles. The predicted octanol–water partition coefficient (Wildman–Crippen LogP) is 3.56. The van der Waals surface area contributed by atoms with Gasteiger partial charge in [0.05, 0.1) is 23.2 Å². The van der Waals surface area contributed by atoms with Gasteiger partial charge in [-0.15, -0.1) is 0 Å². The number of anilines is 1. The van der Waals surface area contributed by atoms with Crippen molar-refractivity contribution in [1.29, 1.82) is 0 Å². The van der Waals surface area contributed by atoms with E-state index >= 15 is 0 Å². The number of pyridine rings is 1. The average Bonchev–Trinajstić information content (AvgIpc) is 3.08. The highest BCUT2D eigenvalue weighted by atomic mass is 35.5. The van der Waals surface area contributed by atoms with Gasteiger partial charge in [0.15, 0.2) is 9.84 Å². The first-order valence-corrected chi connectivity index (χ1v) is 12.3. The first kappa shape index (κ1) is 21.5. The normalized spacial score (nSPS) is 18.6. The smallest absolute Gasteiger partial charge is 0.251 e. The number of benzene rings is 1. The molecule has 1 saturated heterocycles. The quantitative estimate of drug-likeness (QED) is 0.607. The van der Waals surface area contributed by atoms with Crippen molar-refractivity contribution >= 4 is 27.4 Å². The molecule has 1 aliphatic heterocycles. The van der Waals surface area contributed by atoms with Gasteiger partial charge in [0, 0.05) is 35.1 Å². The fourth-order valence-electron chi connectivity index (χ4n) is 3.89. The van der Waals surface area contributed by atoms with E-state index in [2.05, 4.69) is 15.3 Å². The first-order chi connectivity index (χ1) is 14.8. The van der Waals surface area contributed by atoms with Crippen LogP contribution in [0, 0.1) is 0 Å². The summed E-state index contributed by atoms with van der Waals surface area (Å²) in [4.78, 5) is 21.6. The molecule has 1 fully saturated rings. The minimum Gasteiger partial charge on any atom is -0.350 e. The molecule has 0 bridgehead atoms. The van der Waals surface area contributed by atoms with Crippen LogP contribution in [0.15, 0.2) is 59.7 Å². The molecule has 4 rings (SSSR count). The van der Waals surface area contributed by atoms with Crippen LogP contribution in [0.5, 0.6) is 0 Å². The van der Waals surface area contributed by atoms with Crippen molar-refractivity contribution in [2.45, 2.75) is 31.8 Å². The van der Waals surface area contributed by atoms with Crippen molar-refractivity contribution in [2.24, 2.45) is 0 Å². The Bertz CT molecular complexity index is 1260. The molecule has 1 N–H and O–H groups in total. The third-order valence-electron chi connectivity index (χ3n) is 5.42. The second-order valence-electron chi connectivity index (χ2n) is 7.65. The molecule has 1 aromatic carbocycles. The lowest BCUT2D eigenvalue weighted by Gasteiger charge is -2.19. The SMILES string of the molecule is CC[C@H](c1cccc(Cl)c1)n1ccc(-c2ccnc(NC3CCS(=O)(=O)C3)n2)cc1=O. The lowest BCUT2D eigenvalue weighted by atomic mass is 10.0. The summed E-state index contributed by atoms with van der Waals surface area (Å²) in [6.45, 7) is 2.03. The molecule has 0 saturated carbocycles. The summed E-state index contributed by atoms with van der Waals surface area (Å²) in [6, 6.07) is 12.3. The van der Waals surface area contributed by atoms with Crippen molar-refractivity contribution in [2.75, 3.05) is 16.8 Å². The molecular weight excluding hydrogens is 436 g/mol. The van der Waals surface area contributed by atoms with Crippen LogP contribution in [0.2, 0.25) is 5.02 Å². The van der Waals surface area contributed by atoms with E-state index in [0.29, 0.717) is 28.6 Å². The molecule has 7 nitrogen and oxygen atoms in total. The van der Waals surface area contributed by atoms with Gasteiger partial charge in [0.2, 0.25) is 5.95 Å². The number of halogens is 1. The number of hydrogen-bond acceptors (Lipinski definition) is 6. The number of rotatable bonds is 6. The van der Waals surface area contributed by atoms with Crippen LogP contribution in [-0.4, -0.2) is 40.5 Å². The second-order valence-corrected chi connectivity index (χ2v) is 10.3. The van der Waals surface area contributed by atoms with Crippen LogP contribution in [0.1, 0.15) is 31.4 Å². The number of sulfone groups is 1. The highest BCUT2D eigenvalue weighted by molar-refractivity contribution is 7.91. The predicted molar refractivity (Wildman–Crippen MR) is 122 cm³/mol. The molecule has 0 radical (unpaired) electrons. The average molecular weight is 459 g/mol. The van der Waals surface area contributed by atoms with E-state index in [1.165, 1.54) is 0 Å². The molecule has 3 aromatic rings. The Balaban J connectivity index is 1.59. The molecule has 0 amide bonds. The van der Waals surface area contributed by atoms with Crippen LogP contribution < -0.4 is 10.9 Å². The topological polar surface area (TPSA) is 93.9 Å². The number of hydrogen-bond donors (Lipinski definition) is 1. The number of aromatic nitrogens is 3. The van der Waals surface area contributed by atoms with E-state index in [4.69, 9.17) is 11.6 Å². The maximum atomic E-state index is 12.9. The van der Waals surface area contributed by atoms with Crippen LogP contribution in [-0.2, 0) is 9.84 Å². The van der Waals surface area contributed by atoms with Gasteiger partial charge in [-0.3, -0.25) is 4.79 Å². The Morgan fingerprint density at radius 2 is 2.10 bits per heavy atom. The van der Waals surface area contributed by atoms with Crippen molar-refractivity contribution in [3.05, 3.63) is 75.8 Å². The van der Waals surface area contributed by atoms with Gasteiger partial charge in [0.1, 0.15) is 0 Å². The summed E-state index contributed by atoms with van der Waals surface area (Å²) in [7, 11) is -3.00. The summed E-state index contributed by atoms with van der Waals surface area (Å²) in [5.41, 5.74) is 2.11. The lowest BCUT2D eigenvalue weighted by Crippen LogP contribution is -2.24. The molecule has 31 heavy (non-hydrogen) atoms. The van der Waals surface area contributed by atoms with Crippen molar-refractivity contribution in [3.8, 4) is 11.3 Å². The molecule has 1 aliphatic rings. The fourth-order valence-corrected chi connectivity index (χ4v) is 5.77. The Morgan fingerprint density at radius 3 is 2.77 bits per heavy atom. The highest BCUT2D eigenvalue weighted by Crippen LogP contribution is 2.24. The standard InChI is InChI=1S/C22H23ClN4O3S/c1-2-20(16-4-3-5-17(23)12-16)27-10-7-15(13-21(27)28)19-6-9-24-22(26-19)25-18-8-11-31(29,30)14-18/h3-7,9-10,12-13,18,20H,2,8,11,14H2,1H3,(H,24,25,26)/t18?,20-/m1/s1. The van der Waals surface area contributed by atoms with Gasteiger partial charge >= 0.3 is 0 Å². The molecule has 1 unspecified atom stereocenters. The third-order valence-corrected chi connectivity index (χ3v) is 7.42. The van der Waals surface area contributed by atoms with Gasteiger partial charge in [0.25, 0.3) is 5.56 Å². The molecule has 9 heteroatoms. The second kappa shape index (κ2) is 8.80. The summed E-state index contributed by atoms with van der Waals surface area (Å²) in [5.74, 6) is 0.612. The summed E-state index contributed by atoms with van der Waals surface area (Å²) in [5, 5.41) is 3.73. The Morgan fingerprint density at radius 1 is 1.26 bits per heavy atom. The maximum Gasteiger partial charge on any atom is 0.251 e. The summed E-state index contributed by atoms with van der Waals surface area (Å²) < 4.78 is 25.0. The molecule has 162 valence electrons. The van der Waals surface area contributed by atoms with Gasteiger partial charge in [-0.1, -0.05) is 30.7 Å². The largest absolute Gasteiger partial charge is 0.350 e. The van der Waals surface area contributed by atoms with Crippen molar-refractivity contribution < 1.29 is 8.42 Å². The van der Waals surface area contributed by atoms with Crippen LogP contribution in [0.25, 0.3) is 11.3 Å². The van der Waals surface area contributed by atoms with Gasteiger partial charge in [-0.2, -0.15) is 0 Å². The zero-order chi connectivity index (χ0) is 22.0. The monoisotopic (exact) mass is 458 g/mol. The molecular formula is C22H23ClN4O3S. The summed E-state index contributed by atoms with van der Waals surface area (Å²) in [6.07, 6.45) is 4.64. The molecule has 3 heterocycles. The minimum absolute atomic E-state index is 0.0819. The van der Waals surface area contributed by atoms with E-state index < -0.39 is 9.84 Å². The van der Waals surface area contributed by atoms with Crippen molar-refractivity contribution in [3.63, 3.8) is 0 Å². The van der Waals surface area contributed by atoms with Crippen molar-refractivity contribution in [1.82, 2.24) is 14.5 Å². The van der Waals surface area contributed by atoms with E-state index in [9.17, 15) is 13.2 Å². The van der Waals surface area contributed by atoms with Crippen LogP contribution in [0.4, 0.5) is 5.95 Å². The fraction of sp³-hybridized carbons (Fsp3) is 0.318. The van der Waals surface area contributed by atoms with E-state index in [0.717, 1.165) is 12.0 Å². The van der Waals surface area contributed by atoms with E-state index in [1.54, 1.807) is 29.1 Å². The number of nitrogens with one attached hydrogen (secondary N) is 1. The van der Waals surface area contributed by atoms with Gasteiger partial charge in [-0.25, -0.2) is 18.4 Å². The Kier molecular flexibility index (Phi) is 6.11. The Hall–Kier alpha value is -2.71. The first-order valence-electron chi connectivity index (χ1n) is 10.1. The Labute approximate surface area is 186 Å². The van der Waals surface area contributed by atoms with Gasteiger partial charge < -0.3 is 9.88 Å². The lowest BCUT2D eigenvalue weighted by molar-refractivity contribution is 0.549. The zero-order valence-corrected chi connectivity index (χ0v) is 18.6. The zero-order valence-electron chi connectivity index (χ0n) is 17.0. The molecule has 0 aliphatic carbocycles.